The van der Waals surface area contributed by atoms with Crippen molar-refractivity contribution >= 4 is 11.6 Å². The van der Waals surface area contributed by atoms with Gasteiger partial charge in [-0.05, 0) is 25.0 Å². The molecular formula is C10H14ClN. The van der Waals surface area contributed by atoms with Crippen LogP contribution in [0.15, 0.2) is 35.0 Å². The van der Waals surface area contributed by atoms with Gasteiger partial charge in [0.05, 0.1) is 0 Å². The van der Waals surface area contributed by atoms with Crippen LogP contribution in [-0.2, 0) is 0 Å². The van der Waals surface area contributed by atoms with E-state index < -0.39 is 0 Å². The van der Waals surface area contributed by atoms with Gasteiger partial charge in [0.1, 0.15) is 0 Å². The number of hydrogen-bond donors (Lipinski definition) is 1. The van der Waals surface area contributed by atoms with E-state index in [9.17, 15) is 0 Å². The third-order valence-corrected chi connectivity index (χ3v) is 1.93. The maximum Gasteiger partial charge on any atom is 0.0370 e. The van der Waals surface area contributed by atoms with Crippen molar-refractivity contribution in [3.8, 4) is 0 Å². The first-order valence-corrected chi connectivity index (χ1v) is 4.68. The Hall–Kier alpha value is -0.690. The van der Waals surface area contributed by atoms with Crippen molar-refractivity contribution in [2.24, 2.45) is 0 Å². The van der Waals surface area contributed by atoms with E-state index >= 15 is 0 Å². The zero-order valence-electron chi connectivity index (χ0n) is 7.31. The zero-order chi connectivity index (χ0) is 8.81. The van der Waals surface area contributed by atoms with E-state index in [2.05, 4.69) is 18.3 Å². The molecule has 0 aromatic rings. The largest absolute Gasteiger partial charge is 0.385 e. The molecule has 0 heterocycles. The smallest absolute Gasteiger partial charge is 0.0370 e. The van der Waals surface area contributed by atoms with Crippen LogP contribution in [0.2, 0.25) is 0 Å². The Bertz CT molecular complexity index is 226. The van der Waals surface area contributed by atoms with E-state index in [1.807, 2.05) is 18.2 Å². The molecule has 0 radical (unpaired) electrons. The van der Waals surface area contributed by atoms with Crippen LogP contribution in [0.4, 0.5) is 0 Å². The second-order valence-corrected chi connectivity index (χ2v) is 3.18. The van der Waals surface area contributed by atoms with Gasteiger partial charge in [-0.1, -0.05) is 30.7 Å². The molecule has 2 heteroatoms. The van der Waals surface area contributed by atoms with Gasteiger partial charge in [-0.25, -0.2) is 0 Å². The van der Waals surface area contributed by atoms with Gasteiger partial charge in [-0.3, -0.25) is 0 Å². The number of halogens is 1. The van der Waals surface area contributed by atoms with E-state index in [0.29, 0.717) is 0 Å². The number of hydrogen-bond acceptors (Lipinski definition) is 1. The van der Waals surface area contributed by atoms with Crippen molar-refractivity contribution in [2.75, 3.05) is 6.54 Å². The van der Waals surface area contributed by atoms with Gasteiger partial charge >= 0.3 is 0 Å². The van der Waals surface area contributed by atoms with Crippen LogP contribution >= 0.6 is 11.6 Å². The summed E-state index contributed by atoms with van der Waals surface area (Å²) in [5, 5.41) is 4.13. The molecule has 0 bridgehead atoms. The fourth-order valence-corrected chi connectivity index (χ4v) is 1.16. The predicted octanol–water partition coefficient (Wildman–Crippen LogP) is 2.95. The number of rotatable bonds is 3. The van der Waals surface area contributed by atoms with Gasteiger partial charge in [0.2, 0.25) is 0 Å². The molecule has 0 amide bonds. The number of nitrogens with one attached hydrogen (secondary N) is 1. The highest BCUT2D eigenvalue weighted by molar-refractivity contribution is 6.31. The fraction of sp³-hybridized carbons (Fsp3) is 0.400. The maximum atomic E-state index is 5.83. The Balaban J connectivity index is 2.46. The summed E-state index contributed by atoms with van der Waals surface area (Å²) in [6.45, 7) is 3.17. The third kappa shape index (κ3) is 3.14. The monoisotopic (exact) mass is 183 g/mol. The Labute approximate surface area is 78.8 Å². The van der Waals surface area contributed by atoms with Crippen LogP contribution in [0, 0.1) is 0 Å². The third-order valence-electron chi connectivity index (χ3n) is 1.65. The molecule has 0 saturated heterocycles. The Morgan fingerprint density at radius 1 is 1.42 bits per heavy atom. The van der Waals surface area contributed by atoms with Crippen LogP contribution in [0.3, 0.4) is 0 Å². The first kappa shape index (κ1) is 9.40. The molecule has 1 N–H and O–H groups in total. The molecule has 12 heavy (non-hydrogen) atoms. The van der Waals surface area contributed by atoms with Gasteiger partial charge in [0, 0.05) is 17.3 Å². The Morgan fingerprint density at radius 2 is 2.25 bits per heavy atom. The van der Waals surface area contributed by atoms with Gasteiger partial charge in [-0.2, -0.15) is 0 Å². The summed E-state index contributed by atoms with van der Waals surface area (Å²) < 4.78 is 0. The summed E-state index contributed by atoms with van der Waals surface area (Å²) in [5.41, 5.74) is 1.17. The van der Waals surface area contributed by atoms with Crippen LogP contribution in [0.5, 0.6) is 0 Å². The molecule has 1 aliphatic rings. The summed E-state index contributed by atoms with van der Waals surface area (Å²) in [4.78, 5) is 0. The summed E-state index contributed by atoms with van der Waals surface area (Å²) in [7, 11) is 0. The average Bonchev–Trinajstić information content (AvgIpc) is 2.27. The van der Waals surface area contributed by atoms with Gasteiger partial charge in [0.25, 0.3) is 0 Å². The van der Waals surface area contributed by atoms with Crippen molar-refractivity contribution < 1.29 is 0 Å². The van der Waals surface area contributed by atoms with E-state index in [4.69, 9.17) is 11.6 Å². The molecule has 1 nitrogen and oxygen atoms in total. The van der Waals surface area contributed by atoms with Crippen molar-refractivity contribution in [1.82, 2.24) is 5.32 Å². The van der Waals surface area contributed by atoms with E-state index in [0.717, 1.165) is 24.4 Å². The van der Waals surface area contributed by atoms with E-state index in [1.165, 1.54) is 5.70 Å². The molecule has 0 aromatic carbocycles. The molecule has 0 unspecified atom stereocenters. The molecule has 0 aromatic heterocycles. The minimum Gasteiger partial charge on any atom is -0.385 e. The molecule has 0 fully saturated rings. The van der Waals surface area contributed by atoms with Crippen molar-refractivity contribution in [1.29, 1.82) is 0 Å². The Kier molecular flexibility index (Phi) is 3.95. The summed E-state index contributed by atoms with van der Waals surface area (Å²) >= 11 is 5.83. The maximum absolute atomic E-state index is 5.83. The lowest BCUT2D eigenvalue weighted by atomic mass is 10.3. The lowest BCUT2D eigenvalue weighted by Crippen LogP contribution is -2.12. The predicted molar refractivity (Wildman–Crippen MR) is 54.1 cm³/mol. The highest BCUT2D eigenvalue weighted by atomic mass is 35.5. The molecular weight excluding hydrogens is 170 g/mol. The lowest BCUT2D eigenvalue weighted by Gasteiger charge is -2.03. The molecule has 0 saturated carbocycles. The van der Waals surface area contributed by atoms with Gasteiger partial charge in [0.15, 0.2) is 0 Å². The standard InChI is InChI=1S/C10H14ClN/c1-2-8-12-10-5-3-4-9(11)6-7-10/h4-7,12H,2-3,8H2,1H3. The first-order chi connectivity index (χ1) is 5.83. The van der Waals surface area contributed by atoms with Gasteiger partial charge < -0.3 is 5.32 Å². The highest BCUT2D eigenvalue weighted by Gasteiger charge is 1.94. The average molecular weight is 184 g/mol. The first-order valence-electron chi connectivity index (χ1n) is 4.30. The van der Waals surface area contributed by atoms with Crippen LogP contribution in [-0.4, -0.2) is 6.54 Å². The topological polar surface area (TPSA) is 12.0 Å². The normalized spacial score (nSPS) is 16.5. The molecule has 0 atom stereocenters. The summed E-state index contributed by atoms with van der Waals surface area (Å²) in [6.07, 6.45) is 10.1. The fourth-order valence-electron chi connectivity index (χ4n) is 1.00. The number of allylic oxidation sites excluding steroid dienone is 5. The van der Waals surface area contributed by atoms with Crippen LogP contribution in [0.25, 0.3) is 0 Å². The van der Waals surface area contributed by atoms with Crippen LogP contribution in [0.1, 0.15) is 19.8 Å². The van der Waals surface area contributed by atoms with Crippen molar-refractivity contribution in [3.05, 3.63) is 35.0 Å². The molecule has 0 aliphatic heterocycles. The minimum absolute atomic E-state index is 0.819. The van der Waals surface area contributed by atoms with Gasteiger partial charge in [-0.15, -0.1) is 0 Å². The molecule has 0 spiro atoms. The summed E-state index contributed by atoms with van der Waals surface area (Å²) in [5.74, 6) is 0. The molecule has 1 rings (SSSR count). The Morgan fingerprint density at radius 3 is 3.00 bits per heavy atom. The quantitative estimate of drug-likeness (QED) is 0.710. The second kappa shape index (κ2) is 5.04. The molecule has 66 valence electrons. The minimum atomic E-state index is 0.819. The van der Waals surface area contributed by atoms with Crippen molar-refractivity contribution in [2.45, 2.75) is 19.8 Å². The zero-order valence-corrected chi connectivity index (χ0v) is 8.06. The second-order valence-electron chi connectivity index (χ2n) is 2.74. The van der Waals surface area contributed by atoms with Crippen molar-refractivity contribution in [3.63, 3.8) is 0 Å². The lowest BCUT2D eigenvalue weighted by molar-refractivity contribution is 0.782. The highest BCUT2D eigenvalue weighted by Crippen LogP contribution is 2.11. The summed E-state index contributed by atoms with van der Waals surface area (Å²) in [6, 6.07) is 0. The van der Waals surface area contributed by atoms with Crippen LogP contribution < -0.4 is 5.32 Å². The molecule has 1 aliphatic carbocycles. The van der Waals surface area contributed by atoms with E-state index in [-0.39, 0.29) is 0 Å². The SMILES string of the molecule is CCCNC1=CCC=C(Cl)C=C1. The van der Waals surface area contributed by atoms with E-state index in [1.54, 1.807) is 0 Å².